The number of benzene rings is 1. The van der Waals surface area contributed by atoms with Crippen LogP contribution in [0.4, 0.5) is 18.0 Å². The first kappa shape index (κ1) is 33.4. The molecule has 0 bridgehead atoms. The number of carbonyl (C=O) groups is 4. The van der Waals surface area contributed by atoms with Gasteiger partial charge in [0.15, 0.2) is 0 Å². The van der Waals surface area contributed by atoms with E-state index in [-0.39, 0.29) is 44.7 Å². The van der Waals surface area contributed by atoms with Crippen molar-refractivity contribution in [1.82, 2.24) is 25.5 Å². The lowest BCUT2D eigenvalue weighted by Crippen LogP contribution is -2.62. The van der Waals surface area contributed by atoms with E-state index in [1.54, 1.807) is 42.5 Å². The molecule has 0 spiro atoms. The molecule has 4 N–H and O–H groups in total. The van der Waals surface area contributed by atoms with Gasteiger partial charge in [0.05, 0.1) is 12.3 Å². The number of nitrogens with zero attached hydrogens (tertiary/aromatic N) is 4. The molecule has 242 valence electrons. The van der Waals surface area contributed by atoms with Gasteiger partial charge in [-0.15, -0.1) is 0 Å². The summed E-state index contributed by atoms with van der Waals surface area (Å²) in [5.41, 5.74) is -1.05. The van der Waals surface area contributed by atoms with Gasteiger partial charge in [-0.2, -0.15) is 18.3 Å². The molecule has 1 saturated heterocycles. The minimum absolute atomic E-state index is 0.0218. The number of likely N-dealkylation sites (tertiary alicyclic amines) is 1. The molecule has 0 saturated carbocycles. The molecule has 4 amide bonds. The third kappa shape index (κ3) is 7.95. The van der Waals surface area contributed by atoms with Crippen molar-refractivity contribution < 1.29 is 42.6 Å². The van der Waals surface area contributed by atoms with Crippen LogP contribution < -0.4 is 10.6 Å². The second kappa shape index (κ2) is 13.2. The molecule has 2 aliphatic rings. The number of aryl methyl sites for hydroxylation is 1. The number of halogens is 3. The van der Waals surface area contributed by atoms with Gasteiger partial charge < -0.3 is 25.7 Å². The molecule has 3 heterocycles. The van der Waals surface area contributed by atoms with Crippen molar-refractivity contribution in [3.63, 3.8) is 0 Å². The summed E-state index contributed by atoms with van der Waals surface area (Å²) in [5.74, 6) is -2.24. The maximum atomic E-state index is 14.1. The van der Waals surface area contributed by atoms with E-state index in [0.717, 1.165) is 5.56 Å². The predicted octanol–water partition coefficient (Wildman–Crippen LogP) is 2.26. The Labute approximate surface area is 257 Å². The highest BCUT2D eigenvalue weighted by atomic mass is 19.4. The topological polar surface area (TPSA) is 165 Å². The second-order valence-electron chi connectivity index (χ2n) is 11.7. The fourth-order valence-corrected chi connectivity index (χ4v) is 5.52. The second-order valence-corrected chi connectivity index (χ2v) is 11.7. The number of aromatic nitrogens is 1. The Morgan fingerprint density at radius 1 is 1.09 bits per heavy atom. The zero-order chi connectivity index (χ0) is 33.0. The number of nitrogens with one attached hydrogen (secondary N) is 2. The molecule has 0 aliphatic carbocycles. The van der Waals surface area contributed by atoms with E-state index in [9.17, 15) is 42.6 Å². The van der Waals surface area contributed by atoms with Gasteiger partial charge in [-0.3, -0.25) is 19.4 Å². The van der Waals surface area contributed by atoms with Crippen molar-refractivity contribution in [2.45, 2.75) is 63.9 Å². The summed E-state index contributed by atoms with van der Waals surface area (Å²) in [7, 11) is 0. The average molecular weight is 633 g/mol. The van der Waals surface area contributed by atoms with Gasteiger partial charge in [-0.1, -0.05) is 30.3 Å². The van der Waals surface area contributed by atoms with Crippen LogP contribution in [0.25, 0.3) is 0 Å². The number of aliphatic hydroxyl groups is 1. The molecule has 0 radical (unpaired) electrons. The van der Waals surface area contributed by atoms with Crippen molar-refractivity contribution in [1.29, 1.82) is 0 Å². The molecule has 1 unspecified atom stereocenters. The van der Waals surface area contributed by atoms with E-state index in [4.69, 9.17) is 0 Å². The van der Waals surface area contributed by atoms with E-state index in [1.807, 2.05) is 0 Å². The van der Waals surface area contributed by atoms with Crippen LogP contribution in [0.5, 0.6) is 0 Å². The molecule has 45 heavy (non-hydrogen) atoms. The molecule has 1 aromatic carbocycles. The summed E-state index contributed by atoms with van der Waals surface area (Å²) in [5, 5.41) is 27.7. The molecule has 2 aromatic rings. The molecular weight excluding hydrogens is 597 g/mol. The highest BCUT2D eigenvalue weighted by Gasteiger charge is 2.56. The van der Waals surface area contributed by atoms with Crippen LogP contribution in [0.15, 0.2) is 53.8 Å². The smallest absolute Gasteiger partial charge is 0.408 e. The number of hydrogen-bond donors (Lipinski definition) is 4. The zero-order valence-electron chi connectivity index (χ0n) is 24.8. The van der Waals surface area contributed by atoms with Crippen LogP contribution in [-0.4, -0.2) is 92.0 Å². The van der Waals surface area contributed by atoms with Crippen LogP contribution in [0.2, 0.25) is 0 Å². The summed E-state index contributed by atoms with van der Waals surface area (Å²) < 4.78 is 40.1. The van der Waals surface area contributed by atoms with Crippen LogP contribution in [-0.2, 0) is 33.8 Å². The Morgan fingerprint density at radius 2 is 1.78 bits per heavy atom. The maximum absolute atomic E-state index is 14.1. The van der Waals surface area contributed by atoms with E-state index < -0.39 is 53.5 Å². The van der Waals surface area contributed by atoms with Crippen LogP contribution in [0, 0.1) is 5.41 Å². The normalized spacial score (nSPS) is 19.1. The summed E-state index contributed by atoms with van der Waals surface area (Å²) in [4.78, 5) is 57.8. The van der Waals surface area contributed by atoms with E-state index in [0.29, 0.717) is 22.7 Å². The first-order valence-electron chi connectivity index (χ1n) is 14.3. The first-order chi connectivity index (χ1) is 21.1. The Hall–Kier alpha value is -4.53. The molecule has 1 fully saturated rings. The van der Waals surface area contributed by atoms with E-state index >= 15 is 0 Å². The molecule has 2 aliphatic heterocycles. The fourth-order valence-electron chi connectivity index (χ4n) is 5.52. The molecular formula is C30H35F3N6O6. The third-order valence-corrected chi connectivity index (χ3v) is 7.88. The number of carbonyl (C=O) groups excluding carboxylic acids is 3. The Balaban J connectivity index is 1.62. The zero-order valence-corrected chi connectivity index (χ0v) is 24.8. The number of alkyl halides is 3. The Bertz CT molecular complexity index is 1450. The van der Waals surface area contributed by atoms with Crippen LogP contribution in [0.1, 0.15) is 43.5 Å². The summed E-state index contributed by atoms with van der Waals surface area (Å²) in [6, 6.07) is 10.8. The number of fused-ring (bicyclic) bond motifs is 1. The number of rotatable bonds is 11. The number of hydrogen-bond acceptors (Lipinski definition) is 7. The summed E-state index contributed by atoms with van der Waals surface area (Å²) >= 11 is 0. The average Bonchev–Trinajstić information content (AvgIpc) is 3.23. The molecule has 12 nitrogen and oxygen atoms in total. The number of amides is 4. The monoisotopic (exact) mass is 632 g/mol. The number of pyridine rings is 1. The van der Waals surface area contributed by atoms with Crippen LogP contribution >= 0.6 is 0 Å². The van der Waals surface area contributed by atoms with Crippen LogP contribution in [0.3, 0.4) is 0 Å². The minimum atomic E-state index is -4.70. The van der Waals surface area contributed by atoms with Gasteiger partial charge >= 0.3 is 12.3 Å². The highest BCUT2D eigenvalue weighted by molar-refractivity contribution is 6.14. The van der Waals surface area contributed by atoms with E-state index in [1.165, 1.54) is 24.9 Å². The highest BCUT2D eigenvalue weighted by Crippen LogP contribution is 2.39. The van der Waals surface area contributed by atoms with Crippen molar-refractivity contribution in [3.05, 3.63) is 65.5 Å². The van der Waals surface area contributed by atoms with Gasteiger partial charge in [0.25, 0.3) is 5.91 Å². The number of aliphatic hydroxyl groups excluding tert-OH is 1. The van der Waals surface area contributed by atoms with Crippen molar-refractivity contribution in [2.75, 3.05) is 19.6 Å². The summed E-state index contributed by atoms with van der Waals surface area (Å²) in [6.45, 7) is 0.689. The fraction of sp³-hybridized carbons (Fsp3) is 0.467. The van der Waals surface area contributed by atoms with Gasteiger partial charge in [0.2, 0.25) is 11.8 Å². The van der Waals surface area contributed by atoms with Crippen molar-refractivity contribution >= 4 is 29.5 Å². The number of carboxylic acid groups (broad SMARTS) is 1. The number of hydrazone groups is 1. The largest absolute Gasteiger partial charge is 0.465 e. The summed E-state index contributed by atoms with van der Waals surface area (Å²) in [6.07, 6.45) is -4.31. The van der Waals surface area contributed by atoms with Gasteiger partial charge in [-0.25, -0.2) is 9.80 Å². The van der Waals surface area contributed by atoms with E-state index in [2.05, 4.69) is 20.7 Å². The maximum Gasteiger partial charge on any atom is 0.408 e. The Morgan fingerprint density at radius 3 is 2.38 bits per heavy atom. The third-order valence-electron chi connectivity index (χ3n) is 7.88. The standard InChI is InChI=1S/C30H35F3N6O6/c1-28(2,36-27(44)45)25(42)35-22(11-10-19-6-8-20(16-40)9-7-19)24(41)38-14-12-23-29(17-38,15-21-5-3-4-13-34-21)26(43)39(37-23)18-30(31,32)33/h3-9,13,22,36,40H,10-12,14-18H2,1-2H3,(H,35,42)(H,44,45)/t22?,29-/m1/s1. The van der Waals surface area contributed by atoms with Gasteiger partial charge in [0.1, 0.15) is 23.5 Å². The lowest BCUT2D eigenvalue weighted by atomic mass is 9.74. The van der Waals surface area contributed by atoms with Crippen molar-refractivity contribution in [2.24, 2.45) is 10.5 Å². The lowest BCUT2D eigenvalue weighted by molar-refractivity contribution is -0.164. The molecule has 4 rings (SSSR count). The first-order valence-corrected chi connectivity index (χ1v) is 14.3. The quantitative estimate of drug-likeness (QED) is 0.295. The molecule has 2 atom stereocenters. The van der Waals surface area contributed by atoms with Gasteiger partial charge in [0, 0.05) is 37.8 Å². The SMILES string of the molecule is CC(C)(NC(=O)O)C(=O)NC(CCc1ccc(CO)cc1)C(=O)N1CCC2=NN(CC(F)(F)F)C(=O)[C@]2(Cc2ccccn2)C1. The lowest BCUT2D eigenvalue weighted by Gasteiger charge is -2.41. The predicted molar refractivity (Wildman–Crippen MR) is 155 cm³/mol. The van der Waals surface area contributed by atoms with Gasteiger partial charge in [-0.05, 0) is 49.9 Å². The molecule has 1 aromatic heterocycles. The van der Waals surface area contributed by atoms with Crippen molar-refractivity contribution in [3.8, 4) is 0 Å². The molecule has 15 heteroatoms. The Kier molecular flexibility index (Phi) is 9.80. The number of piperidine rings is 1. The minimum Gasteiger partial charge on any atom is -0.465 e.